The molecule has 0 fully saturated rings. The van der Waals surface area contributed by atoms with Gasteiger partial charge in [0.25, 0.3) is 5.91 Å². The Balaban J connectivity index is 1.63. The lowest BCUT2D eigenvalue weighted by molar-refractivity contribution is -0.133. The van der Waals surface area contributed by atoms with Crippen molar-refractivity contribution < 1.29 is 19.4 Å². The molecule has 0 aromatic heterocycles. The van der Waals surface area contributed by atoms with Crippen molar-refractivity contribution in [3.8, 4) is 5.75 Å². The molecule has 0 saturated heterocycles. The van der Waals surface area contributed by atoms with Crippen molar-refractivity contribution in [2.45, 2.75) is 12.5 Å². The highest BCUT2D eigenvalue weighted by atomic mass is 16.5. The third-order valence-electron chi connectivity index (χ3n) is 5.09. The lowest BCUT2D eigenvalue weighted by atomic mass is 9.88. The Labute approximate surface area is 174 Å². The number of nitrogens with one attached hydrogen (secondary N) is 1. The monoisotopic (exact) mass is 402 g/mol. The summed E-state index contributed by atoms with van der Waals surface area (Å²) in [4.78, 5) is 27.4. The number of nitrogens with zero attached hydrogens (tertiary/aromatic N) is 1. The van der Waals surface area contributed by atoms with Gasteiger partial charge < -0.3 is 15.2 Å². The molecule has 6 heteroatoms. The summed E-state index contributed by atoms with van der Waals surface area (Å²) in [5.74, 6) is -0.381. The lowest BCUT2D eigenvalue weighted by Gasteiger charge is -2.23. The third kappa shape index (κ3) is 3.31. The van der Waals surface area contributed by atoms with Crippen molar-refractivity contribution in [3.63, 3.8) is 0 Å². The maximum Gasteiger partial charge on any atom is 0.268 e. The molecular weight excluding hydrogens is 380 g/mol. The number of carbonyl (C=O) groups is 2. The highest BCUT2D eigenvalue weighted by molar-refractivity contribution is 6.12. The zero-order valence-electron chi connectivity index (χ0n) is 16.5. The first-order valence-electron chi connectivity index (χ1n) is 9.76. The molecule has 0 unspecified atom stereocenters. The summed E-state index contributed by atoms with van der Waals surface area (Å²) in [6.07, 6.45) is 0. The van der Waals surface area contributed by atoms with Gasteiger partial charge in [-0.1, -0.05) is 60.7 Å². The molecule has 0 saturated carbocycles. The number of carbonyl (C=O) groups excluding carboxylic acids is 2. The number of rotatable bonds is 6. The predicted molar refractivity (Wildman–Crippen MR) is 114 cm³/mol. The van der Waals surface area contributed by atoms with E-state index in [-0.39, 0.29) is 12.5 Å². The Morgan fingerprint density at radius 3 is 2.43 bits per heavy atom. The van der Waals surface area contributed by atoms with Crippen LogP contribution in [0.15, 0.2) is 78.9 Å². The minimum atomic E-state index is -1.83. The van der Waals surface area contributed by atoms with Crippen LogP contribution in [0.5, 0.6) is 5.75 Å². The van der Waals surface area contributed by atoms with Crippen LogP contribution in [-0.4, -0.2) is 30.1 Å². The van der Waals surface area contributed by atoms with Crippen LogP contribution in [0, 0.1) is 0 Å². The third-order valence-corrected chi connectivity index (χ3v) is 5.09. The van der Waals surface area contributed by atoms with Crippen LogP contribution < -0.4 is 15.0 Å². The standard InChI is InChI=1S/C24H22N2O4/c1-2-30-21-15-9-7-13-19(21)25-22(27)16-26-20-14-8-6-12-18(20)24(29,23(26)28)17-10-4-3-5-11-17/h3-15,29H,2,16H2,1H3,(H,25,27)/t24-/m0/s1. The molecule has 0 radical (unpaired) electrons. The molecule has 1 heterocycles. The van der Waals surface area contributed by atoms with Crippen LogP contribution in [-0.2, 0) is 15.2 Å². The van der Waals surface area contributed by atoms with E-state index < -0.39 is 11.5 Å². The van der Waals surface area contributed by atoms with Crippen molar-refractivity contribution in [1.82, 2.24) is 0 Å². The number of para-hydroxylation sites is 3. The van der Waals surface area contributed by atoms with E-state index in [9.17, 15) is 14.7 Å². The molecule has 1 aliphatic heterocycles. The smallest absolute Gasteiger partial charge is 0.268 e. The zero-order valence-corrected chi connectivity index (χ0v) is 16.5. The second-order valence-electron chi connectivity index (χ2n) is 6.96. The van der Waals surface area contributed by atoms with Gasteiger partial charge in [0.1, 0.15) is 12.3 Å². The molecule has 0 aliphatic carbocycles. The normalized spacial score (nSPS) is 17.5. The highest BCUT2D eigenvalue weighted by Crippen LogP contribution is 2.44. The van der Waals surface area contributed by atoms with E-state index >= 15 is 0 Å². The Hall–Kier alpha value is -3.64. The van der Waals surface area contributed by atoms with Crippen molar-refractivity contribution in [1.29, 1.82) is 0 Å². The number of amides is 2. The van der Waals surface area contributed by atoms with Crippen molar-refractivity contribution in [2.24, 2.45) is 0 Å². The first-order chi connectivity index (χ1) is 14.6. The van der Waals surface area contributed by atoms with E-state index in [1.807, 2.05) is 19.1 Å². The van der Waals surface area contributed by atoms with Gasteiger partial charge in [0.15, 0.2) is 5.60 Å². The summed E-state index contributed by atoms with van der Waals surface area (Å²) in [6, 6.07) is 22.9. The van der Waals surface area contributed by atoms with Crippen LogP contribution in [0.2, 0.25) is 0 Å². The molecule has 4 rings (SSSR count). The number of ether oxygens (including phenoxy) is 1. The average molecular weight is 402 g/mol. The minimum absolute atomic E-state index is 0.231. The Morgan fingerprint density at radius 1 is 1.00 bits per heavy atom. The second kappa shape index (κ2) is 8.00. The number of hydrogen-bond acceptors (Lipinski definition) is 4. The van der Waals surface area contributed by atoms with Crippen molar-refractivity contribution >= 4 is 23.2 Å². The molecule has 0 spiro atoms. The Morgan fingerprint density at radius 2 is 1.67 bits per heavy atom. The summed E-state index contributed by atoms with van der Waals surface area (Å²) < 4.78 is 5.54. The van der Waals surface area contributed by atoms with Gasteiger partial charge in [-0.2, -0.15) is 0 Å². The molecule has 2 amide bonds. The summed E-state index contributed by atoms with van der Waals surface area (Å²) in [6.45, 7) is 2.10. The van der Waals surface area contributed by atoms with Gasteiger partial charge in [-0.25, -0.2) is 0 Å². The number of benzene rings is 3. The van der Waals surface area contributed by atoms with E-state index in [1.165, 1.54) is 4.90 Å². The summed E-state index contributed by atoms with van der Waals surface area (Å²) in [7, 11) is 0. The zero-order chi connectivity index (χ0) is 21.1. The maximum absolute atomic E-state index is 13.3. The molecule has 1 atom stereocenters. The molecule has 30 heavy (non-hydrogen) atoms. The summed E-state index contributed by atoms with van der Waals surface area (Å²) >= 11 is 0. The van der Waals surface area contributed by atoms with E-state index in [0.29, 0.717) is 34.9 Å². The maximum atomic E-state index is 13.3. The van der Waals surface area contributed by atoms with Crippen LogP contribution in [0.3, 0.4) is 0 Å². The molecule has 2 N–H and O–H groups in total. The fraction of sp³-hybridized carbons (Fsp3) is 0.167. The Bertz CT molecular complexity index is 1080. The fourth-order valence-electron chi connectivity index (χ4n) is 3.73. The van der Waals surface area contributed by atoms with Gasteiger partial charge in [0.05, 0.1) is 18.0 Å². The molecule has 1 aliphatic rings. The van der Waals surface area contributed by atoms with Crippen LogP contribution in [0.1, 0.15) is 18.1 Å². The number of aliphatic hydroxyl groups is 1. The van der Waals surface area contributed by atoms with Gasteiger partial charge in [-0.3, -0.25) is 14.5 Å². The van der Waals surface area contributed by atoms with Crippen LogP contribution in [0.4, 0.5) is 11.4 Å². The Kier molecular flexibility index (Phi) is 5.25. The van der Waals surface area contributed by atoms with Crippen molar-refractivity contribution in [3.05, 3.63) is 90.0 Å². The first-order valence-corrected chi connectivity index (χ1v) is 9.76. The van der Waals surface area contributed by atoms with Crippen LogP contribution >= 0.6 is 0 Å². The number of fused-ring (bicyclic) bond motifs is 1. The molecule has 152 valence electrons. The summed E-state index contributed by atoms with van der Waals surface area (Å²) in [5.41, 5.74) is 0.141. The van der Waals surface area contributed by atoms with E-state index in [0.717, 1.165) is 0 Å². The van der Waals surface area contributed by atoms with E-state index in [2.05, 4.69) is 5.32 Å². The second-order valence-corrected chi connectivity index (χ2v) is 6.96. The van der Waals surface area contributed by atoms with Crippen LogP contribution in [0.25, 0.3) is 0 Å². The van der Waals surface area contributed by atoms with Crippen molar-refractivity contribution in [2.75, 3.05) is 23.4 Å². The first kappa shape index (κ1) is 19.7. The van der Waals surface area contributed by atoms with Gasteiger partial charge in [-0.05, 0) is 30.7 Å². The fourth-order valence-corrected chi connectivity index (χ4v) is 3.73. The highest BCUT2D eigenvalue weighted by Gasteiger charge is 2.51. The summed E-state index contributed by atoms with van der Waals surface area (Å²) in [5, 5.41) is 14.2. The van der Waals surface area contributed by atoms with E-state index in [4.69, 9.17) is 4.74 Å². The molecule has 3 aromatic rings. The van der Waals surface area contributed by atoms with E-state index in [1.54, 1.807) is 66.7 Å². The molecular formula is C24H22N2O4. The van der Waals surface area contributed by atoms with Gasteiger partial charge in [0.2, 0.25) is 5.91 Å². The largest absolute Gasteiger partial charge is 0.492 e. The minimum Gasteiger partial charge on any atom is -0.492 e. The average Bonchev–Trinajstić information content (AvgIpc) is 2.99. The predicted octanol–water partition coefficient (Wildman–Crippen LogP) is 3.31. The van der Waals surface area contributed by atoms with Gasteiger partial charge in [-0.15, -0.1) is 0 Å². The molecule has 0 bridgehead atoms. The lowest BCUT2D eigenvalue weighted by Crippen LogP contribution is -2.44. The van der Waals surface area contributed by atoms with Gasteiger partial charge >= 0.3 is 0 Å². The number of hydrogen-bond donors (Lipinski definition) is 2. The quantitative estimate of drug-likeness (QED) is 0.663. The SMILES string of the molecule is CCOc1ccccc1NC(=O)CN1C(=O)[C@](O)(c2ccccc2)c2ccccc21. The van der Waals surface area contributed by atoms with Gasteiger partial charge in [0, 0.05) is 5.56 Å². The topological polar surface area (TPSA) is 78.9 Å². The molecule has 3 aromatic carbocycles. The number of anilines is 2. The molecule has 6 nitrogen and oxygen atoms in total.